The minimum Gasteiger partial charge on any atom is -0.379 e. The van der Waals surface area contributed by atoms with Gasteiger partial charge in [0.05, 0.1) is 16.7 Å². The van der Waals surface area contributed by atoms with Gasteiger partial charge in [-0.3, -0.25) is 5.32 Å². The number of hydrogen-bond acceptors (Lipinski definition) is 2. The van der Waals surface area contributed by atoms with E-state index in [0.717, 1.165) is 29.8 Å². The quantitative estimate of drug-likeness (QED) is 0.167. The summed E-state index contributed by atoms with van der Waals surface area (Å²) in [5.41, 5.74) is -1.74. The van der Waals surface area contributed by atoms with E-state index in [4.69, 9.17) is 0 Å². The molecule has 204 valence electrons. The first-order chi connectivity index (χ1) is 18.5. The van der Waals surface area contributed by atoms with Crippen molar-refractivity contribution in [3.8, 4) is 0 Å². The predicted octanol–water partition coefficient (Wildman–Crippen LogP) is 7.75. The van der Waals surface area contributed by atoms with Crippen molar-refractivity contribution in [2.45, 2.75) is 43.4 Å². The zero-order valence-electron chi connectivity index (χ0n) is 20.8. The summed E-state index contributed by atoms with van der Waals surface area (Å²) >= 11 is 0. The Morgan fingerprint density at radius 3 is 1.46 bits per heavy atom. The number of halogens is 6. The van der Waals surface area contributed by atoms with E-state index in [9.17, 15) is 31.4 Å². The molecule has 1 unspecified atom stereocenters. The van der Waals surface area contributed by atoms with E-state index in [1.165, 1.54) is 24.3 Å². The Morgan fingerprint density at radius 1 is 0.564 bits per heavy atom. The molecule has 0 saturated carbocycles. The molecule has 0 saturated heterocycles. The van der Waals surface area contributed by atoms with Crippen LogP contribution in [0.4, 0.5) is 26.3 Å². The monoisotopic (exact) mass is 543 g/mol. The second-order valence-corrected chi connectivity index (χ2v) is 9.41. The van der Waals surface area contributed by atoms with Crippen LogP contribution in [0.5, 0.6) is 0 Å². The van der Waals surface area contributed by atoms with Crippen LogP contribution in [-0.2, 0) is 30.7 Å². The molecule has 0 radical (unpaired) electrons. The van der Waals surface area contributed by atoms with Crippen molar-refractivity contribution in [3.05, 3.63) is 143 Å². The second kappa shape index (κ2) is 11.6. The normalized spacial score (nSPS) is 13.3. The Balaban J connectivity index is 1.87. The molecule has 0 spiro atoms. The van der Waals surface area contributed by atoms with Crippen LogP contribution < -0.4 is 5.32 Å². The summed E-state index contributed by atoms with van der Waals surface area (Å²) in [7, 11) is 0. The standard InChI is InChI=1S/C31H27F6NO/c32-30(33,34)26-15-7-13-24(19-26)29(21-23-11-5-2-6-12-23,25-14-8-16-27(20-25)31(35,36)37)38-28(39)18-17-22-9-3-1-4-10-22/h1-16,19-20,28,38-39H,17-18,21H2. The minimum atomic E-state index is -4.67. The van der Waals surface area contributed by atoms with Gasteiger partial charge in [-0.25, -0.2) is 0 Å². The molecule has 4 aromatic carbocycles. The van der Waals surface area contributed by atoms with Crippen molar-refractivity contribution in [2.75, 3.05) is 0 Å². The van der Waals surface area contributed by atoms with Crippen LogP contribution in [0, 0.1) is 0 Å². The van der Waals surface area contributed by atoms with Gasteiger partial charge in [0.15, 0.2) is 0 Å². The highest BCUT2D eigenvalue weighted by Crippen LogP contribution is 2.40. The highest BCUT2D eigenvalue weighted by atomic mass is 19.4. The van der Waals surface area contributed by atoms with Gasteiger partial charge in [0.25, 0.3) is 0 Å². The summed E-state index contributed by atoms with van der Waals surface area (Å²) in [6.07, 6.45) is -9.99. The van der Waals surface area contributed by atoms with Crippen molar-refractivity contribution < 1.29 is 31.4 Å². The number of benzene rings is 4. The van der Waals surface area contributed by atoms with E-state index in [2.05, 4.69) is 5.32 Å². The Bertz CT molecular complexity index is 1300. The third-order valence-corrected chi connectivity index (χ3v) is 6.64. The summed E-state index contributed by atoms with van der Waals surface area (Å²) in [4.78, 5) is 0. The van der Waals surface area contributed by atoms with Crippen molar-refractivity contribution >= 4 is 0 Å². The largest absolute Gasteiger partial charge is 0.416 e. The summed E-state index contributed by atoms with van der Waals surface area (Å²) < 4.78 is 82.5. The maximum Gasteiger partial charge on any atom is 0.416 e. The lowest BCUT2D eigenvalue weighted by Crippen LogP contribution is -2.51. The molecule has 0 aliphatic heterocycles. The van der Waals surface area contributed by atoms with Crippen LogP contribution in [0.3, 0.4) is 0 Å². The van der Waals surface area contributed by atoms with Gasteiger partial charge >= 0.3 is 12.4 Å². The average Bonchev–Trinajstić information content (AvgIpc) is 2.92. The van der Waals surface area contributed by atoms with Crippen LogP contribution in [0.2, 0.25) is 0 Å². The second-order valence-electron chi connectivity index (χ2n) is 9.41. The molecule has 1 atom stereocenters. The van der Waals surface area contributed by atoms with Gasteiger partial charge in [-0.05, 0) is 65.8 Å². The van der Waals surface area contributed by atoms with Gasteiger partial charge in [-0.1, -0.05) is 84.9 Å². The molecular formula is C31H27F6NO. The van der Waals surface area contributed by atoms with Gasteiger partial charge in [0.2, 0.25) is 0 Å². The maximum atomic E-state index is 13.8. The van der Waals surface area contributed by atoms with Gasteiger partial charge in [0, 0.05) is 0 Å². The third-order valence-electron chi connectivity index (χ3n) is 6.64. The molecule has 0 aliphatic rings. The smallest absolute Gasteiger partial charge is 0.379 e. The Labute approximate surface area is 222 Å². The van der Waals surface area contributed by atoms with Crippen LogP contribution in [0.25, 0.3) is 0 Å². The predicted molar refractivity (Wildman–Crippen MR) is 138 cm³/mol. The van der Waals surface area contributed by atoms with Gasteiger partial charge in [0.1, 0.15) is 6.23 Å². The SMILES string of the molecule is OC(CCc1ccccc1)NC(Cc1ccccc1)(c1cccc(C(F)(F)F)c1)c1cccc(C(F)(F)F)c1. The molecule has 39 heavy (non-hydrogen) atoms. The molecule has 0 bridgehead atoms. The molecule has 0 aromatic heterocycles. The molecule has 2 nitrogen and oxygen atoms in total. The van der Waals surface area contributed by atoms with E-state index in [1.807, 2.05) is 30.3 Å². The molecule has 8 heteroatoms. The zero-order valence-corrected chi connectivity index (χ0v) is 20.8. The fourth-order valence-corrected chi connectivity index (χ4v) is 4.72. The van der Waals surface area contributed by atoms with Gasteiger partial charge in [-0.2, -0.15) is 26.3 Å². The molecule has 2 N–H and O–H groups in total. The van der Waals surface area contributed by atoms with Crippen LogP contribution in [0.15, 0.2) is 109 Å². The molecule has 0 amide bonds. The molecule has 4 rings (SSSR count). The lowest BCUT2D eigenvalue weighted by Gasteiger charge is -2.39. The molecule has 0 heterocycles. The van der Waals surface area contributed by atoms with E-state index < -0.39 is 35.2 Å². The van der Waals surface area contributed by atoms with Gasteiger partial charge in [-0.15, -0.1) is 0 Å². The summed E-state index contributed by atoms with van der Waals surface area (Å²) in [6.45, 7) is 0. The number of aliphatic hydroxyl groups is 1. The third kappa shape index (κ3) is 7.07. The van der Waals surface area contributed by atoms with E-state index in [1.54, 1.807) is 30.3 Å². The maximum absolute atomic E-state index is 13.8. The Morgan fingerprint density at radius 2 is 1.00 bits per heavy atom. The number of aliphatic hydroxyl groups excluding tert-OH is 1. The fraction of sp³-hybridized carbons (Fsp3) is 0.226. The van der Waals surface area contributed by atoms with Crippen LogP contribution >= 0.6 is 0 Å². The topological polar surface area (TPSA) is 32.3 Å². The lowest BCUT2D eigenvalue weighted by atomic mass is 9.76. The Hall–Kier alpha value is -3.62. The molecule has 4 aromatic rings. The zero-order chi connectivity index (χ0) is 28.1. The molecule has 0 fully saturated rings. The van der Waals surface area contributed by atoms with Crippen molar-refractivity contribution in [3.63, 3.8) is 0 Å². The van der Waals surface area contributed by atoms with Crippen molar-refractivity contribution in [1.29, 1.82) is 0 Å². The summed E-state index contributed by atoms with van der Waals surface area (Å²) in [6, 6.07) is 27.1. The van der Waals surface area contributed by atoms with E-state index in [0.29, 0.717) is 12.0 Å². The number of aryl methyl sites for hydroxylation is 1. The van der Waals surface area contributed by atoms with Crippen molar-refractivity contribution in [2.24, 2.45) is 0 Å². The molecular weight excluding hydrogens is 516 g/mol. The lowest BCUT2D eigenvalue weighted by molar-refractivity contribution is -0.138. The first-order valence-corrected chi connectivity index (χ1v) is 12.4. The van der Waals surface area contributed by atoms with E-state index in [-0.39, 0.29) is 24.0 Å². The minimum absolute atomic E-state index is 0.0150. The summed E-state index contributed by atoms with van der Waals surface area (Å²) in [5.74, 6) is 0. The van der Waals surface area contributed by atoms with E-state index >= 15 is 0 Å². The first kappa shape index (κ1) is 28.4. The fourth-order valence-electron chi connectivity index (χ4n) is 4.72. The van der Waals surface area contributed by atoms with Crippen LogP contribution in [-0.4, -0.2) is 11.3 Å². The number of rotatable bonds is 9. The first-order valence-electron chi connectivity index (χ1n) is 12.4. The number of alkyl halides is 6. The number of nitrogens with one attached hydrogen (secondary N) is 1. The average molecular weight is 544 g/mol. The van der Waals surface area contributed by atoms with Crippen LogP contribution in [0.1, 0.15) is 39.8 Å². The van der Waals surface area contributed by atoms with Gasteiger partial charge < -0.3 is 5.11 Å². The van der Waals surface area contributed by atoms with Crippen molar-refractivity contribution in [1.82, 2.24) is 5.32 Å². The number of hydrogen-bond donors (Lipinski definition) is 2. The highest BCUT2D eigenvalue weighted by molar-refractivity contribution is 5.45. The molecule has 0 aliphatic carbocycles. The highest BCUT2D eigenvalue weighted by Gasteiger charge is 2.40. The Kier molecular flexibility index (Phi) is 8.47. The summed E-state index contributed by atoms with van der Waals surface area (Å²) in [5, 5.41) is 14.2.